The molecule has 0 heterocycles. The zero-order valence-electron chi connectivity index (χ0n) is 9.33. The number of allylic oxidation sites excluding steroid dienone is 4. The molecule has 0 fully saturated rings. The molecule has 0 aliphatic carbocycles. The third-order valence-electron chi connectivity index (χ3n) is 2.05. The first-order chi connectivity index (χ1) is 7.24. The van der Waals surface area contributed by atoms with E-state index in [2.05, 4.69) is 44.1 Å². The van der Waals surface area contributed by atoms with Gasteiger partial charge in [-0.15, -0.1) is 12.3 Å². The van der Waals surface area contributed by atoms with Gasteiger partial charge in [-0.3, -0.25) is 0 Å². The lowest BCUT2D eigenvalue weighted by Gasteiger charge is -2.02. The average Bonchev–Trinajstić information content (AvgIpc) is 2.25. The lowest BCUT2D eigenvalue weighted by Crippen LogP contribution is -1.82. The first kappa shape index (κ1) is 11.3. The fraction of sp³-hybridized carbons (Fsp3) is 0.200. The number of hydrogen-bond acceptors (Lipinski definition) is 0. The Balaban J connectivity index is 2.99. The van der Waals surface area contributed by atoms with Crippen LogP contribution in [0.2, 0.25) is 0 Å². The van der Waals surface area contributed by atoms with Crippen LogP contribution in [0.4, 0.5) is 0 Å². The summed E-state index contributed by atoms with van der Waals surface area (Å²) >= 11 is 0. The molecule has 0 radical (unpaired) electrons. The van der Waals surface area contributed by atoms with Crippen molar-refractivity contribution in [3.05, 3.63) is 53.6 Å². The van der Waals surface area contributed by atoms with Gasteiger partial charge in [0.2, 0.25) is 0 Å². The summed E-state index contributed by atoms with van der Waals surface area (Å²) in [7, 11) is 0. The van der Waals surface area contributed by atoms with Crippen LogP contribution in [0.15, 0.2) is 48.1 Å². The van der Waals surface area contributed by atoms with E-state index in [0.29, 0.717) is 6.42 Å². The van der Waals surface area contributed by atoms with Gasteiger partial charge in [-0.2, -0.15) is 0 Å². The van der Waals surface area contributed by atoms with Crippen molar-refractivity contribution in [1.29, 1.82) is 0 Å². The van der Waals surface area contributed by atoms with Crippen LogP contribution in [0.25, 0.3) is 5.57 Å². The molecule has 15 heavy (non-hydrogen) atoms. The van der Waals surface area contributed by atoms with Crippen LogP contribution >= 0.6 is 0 Å². The van der Waals surface area contributed by atoms with E-state index in [4.69, 9.17) is 6.42 Å². The van der Waals surface area contributed by atoms with E-state index in [9.17, 15) is 0 Å². The van der Waals surface area contributed by atoms with Gasteiger partial charge in [0, 0.05) is 6.42 Å². The van der Waals surface area contributed by atoms with Crippen molar-refractivity contribution in [3.8, 4) is 12.3 Å². The summed E-state index contributed by atoms with van der Waals surface area (Å²) < 4.78 is 0. The molecule has 0 aliphatic rings. The fourth-order valence-corrected chi connectivity index (χ4v) is 1.29. The molecule has 0 atom stereocenters. The second-order valence-electron chi connectivity index (χ2n) is 3.68. The van der Waals surface area contributed by atoms with E-state index < -0.39 is 0 Å². The Bertz CT molecular complexity index is 395. The summed E-state index contributed by atoms with van der Waals surface area (Å²) in [6.07, 6.45) is 10.2. The second kappa shape index (κ2) is 5.88. The van der Waals surface area contributed by atoms with E-state index in [1.54, 1.807) is 0 Å². The molecule has 1 rings (SSSR count). The molecule has 0 unspecified atom stereocenters. The van der Waals surface area contributed by atoms with Crippen LogP contribution in [0.1, 0.15) is 25.8 Å². The van der Waals surface area contributed by atoms with Gasteiger partial charge in [0.15, 0.2) is 0 Å². The Morgan fingerprint density at radius 3 is 2.40 bits per heavy atom. The summed E-state index contributed by atoms with van der Waals surface area (Å²) in [5, 5.41) is 0. The predicted molar refractivity (Wildman–Crippen MR) is 67.3 cm³/mol. The molecular weight excluding hydrogens is 180 g/mol. The Hall–Kier alpha value is -1.74. The summed E-state index contributed by atoms with van der Waals surface area (Å²) in [5.41, 5.74) is 3.67. The van der Waals surface area contributed by atoms with E-state index >= 15 is 0 Å². The minimum absolute atomic E-state index is 0.674. The predicted octanol–water partition coefficient (Wildman–Crippen LogP) is 4.06. The molecule has 0 spiro atoms. The van der Waals surface area contributed by atoms with Crippen molar-refractivity contribution in [2.75, 3.05) is 0 Å². The summed E-state index contributed by atoms with van der Waals surface area (Å²) in [6.45, 7) is 4.16. The maximum absolute atomic E-state index is 5.36. The Morgan fingerprint density at radius 1 is 1.20 bits per heavy atom. The van der Waals surface area contributed by atoms with E-state index in [1.165, 1.54) is 16.7 Å². The third-order valence-corrected chi connectivity index (χ3v) is 2.05. The number of terminal acetylenes is 1. The Kier molecular flexibility index (Phi) is 4.44. The van der Waals surface area contributed by atoms with Gasteiger partial charge in [0.25, 0.3) is 0 Å². The lowest BCUT2D eigenvalue weighted by atomic mass is 10.0. The summed E-state index contributed by atoms with van der Waals surface area (Å²) in [6, 6.07) is 10.2. The summed E-state index contributed by atoms with van der Waals surface area (Å²) in [5.74, 6) is 2.69. The molecule has 0 aromatic heterocycles. The molecule has 0 aliphatic heterocycles. The van der Waals surface area contributed by atoms with Gasteiger partial charge in [-0.1, -0.05) is 48.1 Å². The first-order valence-electron chi connectivity index (χ1n) is 5.07. The monoisotopic (exact) mass is 196 g/mol. The van der Waals surface area contributed by atoms with Gasteiger partial charge >= 0.3 is 0 Å². The van der Waals surface area contributed by atoms with Crippen LogP contribution in [-0.4, -0.2) is 0 Å². The molecule has 0 saturated heterocycles. The minimum Gasteiger partial charge on any atom is -0.120 e. The molecule has 0 heteroatoms. The maximum Gasteiger partial charge on any atom is 0.0343 e. The molecule has 0 N–H and O–H groups in total. The number of benzene rings is 1. The average molecular weight is 196 g/mol. The zero-order chi connectivity index (χ0) is 11.1. The highest BCUT2D eigenvalue weighted by atomic mass is 14.0. The maximum atomic E-state index is 5.36. The summed E-state index contributed by atoms with van der Waals surface area (Å²) in [4.78, 5) is 0. The molecule has 0 nitrogen and oxygen atoms in total. The molecule has 1 aromatic rings. The molecule has 0 amide bonds. The standard InChI is InChI=1S/C15H16/c1-4-8-14(12-11-13(2)3)15-9-6-5-7-10-15/h1,5-7,9-12H,8H2,2-3H3/b14-12+. The highest BCUT2D eigenvalue weighted by molar-refractivity contribution is 5.68. The van der Waals surface area contributed by atoms with E-state index in [0.717, 1.165) is 0 Å². The Labute approximate surface area is 92.3 Å². The van der Waals surface area contributed by atoms with Crippen molar-refractivity contribution >= 4 is 5.57 Å². The minimum atomic E-state index is 0.674. The van der Waals surface area contributed by atoms with E-state index in [1.807, 2.05) is 18.2 Å². The highest BCUT2D eigenvalue weighted by Gasteiger charge is 1.97. The van der Waals surface area contributed by atoms with Crippen LogP contribution in [0.5, 0.6) is 0 Å². The van der Waals surface area contributed by atoms with Gasteiger partial charge < -0.3 is 0 Å². The van der Waals surface area contributed by atoms with Gasteiger partial charge in [0.1, 0.15) is 0 Å². The largest absolute Gasteiger partial charge is 0.120 e. The van der Waals surface area contributed by atoms with Crippen LogP contribution in [0.3, 0.4) is 0 Å². The van der Waals surface area contributed by atoms with Crippen molar-refractivity contribution in [3.63, 3.8) is 0 Å². The topological polar surface area (TPSA) is 0 Å². The van der Waals surface area contributed by atoms with Crippen molar-refractivity contribution in [1.82, 2.24) is 0 Å². The number of rotatable bonds is 3. The third kappa shape index (κ3) is 3.87. The molecular formula is C15H16. The van der Waals surface area contributed by atoms with Crippen molar-refractivity contribution < 1.29 is 0 Å². The SMILES string of the molecule is C#CC/C(=C\C=C(C)C)c1ccccc1. The van der Waals surface area contributed by atoms with Gasteiger partial charge in [-0.25, -0.2) is 0 Å². The number of hydrogen-bond donors (Lipinski definition) is 0. The molecule has 76 valence electrons. The van der Waals surface area contributed by atoms with Crippen LogP contribution in [0, 0.1) is 12.3 Å². The fourth-order valence-electron chi connectivity index (χ4n) is 1.29. The quantitative estimate of drug-likeness (QED) is 0.505. The molecule has 0 bridgehead atoms. The second-order valence-corrected chi connectivity index (χ2v) is 3.68. The normalized spacial score (nSPS) is 10.6. The van der Waals surface area contributed by atoms with E-state index in [-0.39, 0.29) is 0 Å². The van der Waals surface area contributed by atoms with Gasteiger partial charge in [0.05, 0.1) is 0 Å². The highest BCUT2D eigenvalue weighted by Crippen LogP contribution is 2.17. The Morgan fingerprint density at radius 2 is 1.87 bits per heavy atom. The first-order valence-corrected chi connectivity index (χ1v) is 5.07. The van der Waals surface area contributed by atoms with Crippen LogP contribution < -0.4 is 0 Å². The zero-order valence-corrected chi connectivity index (χ0v) is 9.33. The smallest absolute Gasteiger partial charge is 0.0343 e. The molecule has 0 saturated carbocycles. The van der Waals surface area contributed by atoms with Crippen LogP contribution in [-0.2, 0) is 0 Å². The van der Waals surface area contributed by atoms with Crippen molar-refractivity contribution in [2.45, 2.75) is 20.3 Å². The molecule has 1 aromatic carbocycles. The lowest BCUT2D eigenvalue weighted by molar-refractivity contribution is 1.38. The van der Waals surface area contributed by atoms with Gasteiger partial charge in [-0.05, 0) is 25.0 Å². The van der Waals surface area contributed by atoms with Crippen molar-refractivity contribution in [2.24, 2.45) is 0 Å².